The van der Waals surface area contributed by atoms with E-state index in [-0.39, 0.29) is 11.4 Å². The minimum Gasteiger partial charge on any atom is -0.295 e. The SMILES string of the molecule is Cc1cc(Br)c2nc(-c3cccc(F)c3)n(C)c(=O)c2c1. The van der Waals surface area contributed by atoms with Crippen LogP contribution in [0.15, 0.2) is 45.7 Å². The molecule has 0 aliphatic carbocycles. The quantitative estimate of drug-likeness (QED) is 0.671. The number of rotatable bonds is 1. The molecule has 3 nitrogen and oxygen atoms in total. The summed E-state index contributed by atoms with van der Waals surface area (Å²) in [5.74, 6) is 0.0846. The predicted octanol–water partition coefficient (Wildman–Crippen LogP) is 3.81. The number of fused-ring (bicyclic) bond motifs is 1. The normalized spacial score (nSPS) is 11.0. The van der Waals surface area contributed by atoms with E-state index in [1.165, 1.54) is 16.7 Å². The van der Waals surface area contributed by atoms with Crippen LogP contribution in [-0.2, 0) is 7.05 Å². The first-order chi connectivity index (χ1) is 9.97. The second-order valence-electron chi connectivity index (χ2n) is 4.95. The van der Waals surface area contributed by atoms with E-state index in [2.05, 4.69) is 20.9 Å². The average molecular weight is 347 g/mol. The van der Waals surface area contributed by atoms with Crippen molar-refractivity contribution in [3.05, 3.63) is 62.6 Å². The fourth-order valence-electron chi connectivity index (χ4n) is 2.35. The molecule has 0 fully saturated rings. The highest BCUT2D eigenvalue weighted by Crippen LogP contribution is 2.25. The van der Waals surface area contributed by atoms with E-state index >= 15 is 0 Å². The van der Waals surface area contributed by atoms with Crippen molar-refractivity contribution in [3.8, 4) is 11.4 Å². The summed E-state index contributed by atoms with van der Waals surface area (Å²) in [6, 6.07) is 9.79. The third-order valence-corrected chi connectivity index (χ3v) is 3.97. The maximum absolute atomic E-state index is 13.4. The first kappa shape index (κ1) is 13.9. The van der Waals surface area contributed by atoms with Gasteiger partial charge in [0.05, 0.1) is 10.9 Å². The Hall–Kier alpha value is -2.01. The predicted molar refractivity (Wildman–Crippen MR) is 84.8 cm³/mol. The zero-order valence-corrected chi connectivity index (χ0v) is 13.1. The van der Waals surface area contributed by atoms with E-state index in [1.54, 1.807) is 19.2 Å². The lowest BCUT2D eigenvalue weighted by atomic mass is 10.1. The van der Waals surface area contributed by atoms with Gasteiger partial charge in [0.2, 0.25) is 0 Å². The molecule has 3 aromatic rings. The largest absolute Gasteiger partial charge is 0.295 e. The van der Waals surface area contributed by atoms with Gasteiger partial charge in [0.1, 0.15) is 11.6 Å². The van der Waals surface area contributed by atoms with Gasteiger partial charge in [-0.1, -0.05) is 12.1 Å². The summed E-state index contributed by atoms with van der Waals surface area (Å²) in [6.45, 7) is 1.92. The van der Waals surface area contributed by atoms with Gasteiger partial charge in [0, 0.05) is 17.1 Å². The fourth-order valence-corrected chi connectivity index (χ4v) is 3.02. The number of halogens is 2. The van der Waals surface area contributed by atoms with Gasteiger partial charge in [-0.15, -0.1) is 0 Å². The van der Waals surface area contributed by atoms with Crippen LogP contribution in [0.3, 0.4) is 0 Å². The zero-order chi connectivity index (χ0) is 15.1. The molecule has 106 valence electrons. The molecular weight excluding hydrogens is 335 g/mol. The van der Waals surface area contributed by atoms with E-state index in [0.29, 0.717) is 22.3 Å². The van der Waals surface area contributed by atoms with Gasteiger partial charge in [-0.3, -0.25) is 9.36 Å². The topological polar surface area (TPSA) is 34.9 Å². The summed E-state index contributed by atoms with van der Waals surface area (Å²) in [7, 11) is 1.64. The minimum atomic E-state index is -0.357. The van der Waals surface area contributed by atoms with Gasteiger partial charge in [0.15, 0.2) is 0 Å². The molecule has 0 atom stereocenters. The van der Waals surface area contributed by atoms with Gasteiger partial charge in [-0.05, 0) is 52.7 Å². The van der Waals surface area contributed by atoms with Crippen LogP contribution in [0.25, 0.3) is 22.3 Å². The number of nitrogens with zero attached hydrogens (tertiary/aromatic N) is 2. The molecule has 0 saturated heterocycles. The van der Waals surface area contributed by atoms with E-state index in [1.807, 2.05) is 19.1 Å². The number of benzene rings is 2. The number of hydrogen-bond acceptors (Lipinski definition) is 2. The van der Waals surface area contributed by atoms with E-state index in [9.17, 15) is 9.18 Å². The van der Waals surface area contributed by atoms with Gasteiger partial charge in [-0.2, -0.15) is 0 Å². The van der Waals surface area contributed by atoms with Crippen molar-refractivity contribution >= 4 is 26.8 Å². The molecule has 0 saturated carbocycles. The highest BCUT2D eigenvalue weighted by atomic mass is 79.9. The van der Waals surface area contributed by atoms with Crippen molar-refractivity contribution in [2.75, 3.05) is 0 Å². The summed E-state index contributed by atoms with van der Waals surface area (Å²) in [4.78, 5) is 17.1. The Morgan fingerprint density at radius 1 is 1.24 bits per heavy atom. The maximum Gasteiger partial charge on any atom is 0.261 e. The lowest BCUT2D eigenvalue weighted by molar-refractivity contribution is 0.628. The molecule has 1 heterocycles. The maximum atomic E-state index is 13.4. The molecule has 1 aromatic heterocycles. The Bertz CT molecular complexity index is 918. The third-order valence-electron chi connectivity index (χ3n) is 3.36. The molecule has 0 amide bonds. The lowest BCUT2D eigenvalue weighted by Gasteiger charge is -2.11. The number of aryl methyl sites for hydroxylation is 1. The molecule has 21 heavy (non-hydrogen) atoms. The van der Waals surface area contributed by atoms with Crippen LogP contribution in [0.1, 0.15) is 5.56 Å². The van der Waals surface area contributed by atoms with E-state index in [4.69, 9.17) is 0 Å². The first-order valence-corrected chi connectivity index (χ1v) is 7.19. The molecule has 0 aliphatic rings. The van der Waals surface area contributed by atoms with Crippen molar-refractivity contribution in [1.29, 1.82) is 0 Å². The zero-order valence-electron chi connectivity index (χ0n) is 11.5. The molecule has 5 heteroatoms. The molecule has 0 unspecified atom stereocenters. The average Bonchev–Trinajstić information content (AvgIpc) is 2.43. The molecule has 0 bridgehead atoms. The van der Waals surface area contributed by atoms with Gasteiger partial charge in [-0.25, -0.2) is 9.37 Å². The molecule has 0 spiro atoms. The smallest absolute Gasteiger partial charge is 0.261 e. The lowest BCUT2D eigenvalue weighted by Crippen LogP contribution is -2.20. The summed E-state index contributed by atoms with van der Waals surface area (Å²) in [6.07, 6.45) is 0. The van der Waals surface area contributed by atoms with E-state index in [0.717, 1.165) is 10.0 Å². The molecule has 3 rings (SSSR count). The third kappa shape index (κ3) is 2.38. The van der Waals surface area contributed by atoms with Crippen molar-refractivity contribution in [2.45, 2.75) is 6.92 Å². The van der Waals surface area contributed by atoms with Crippen LogP contribution < -0.4 is 5.56 Å². The summed E-state index contributed by atoms with van der Waals surface area (Å²) >= 11 is 3.44. The Morgan fingerprint density at radius 3 is 2.71 bits per heavy atom. The highest BCUT2D eigenvalue weighted by Gasteiger charge is 2.13. The Balaban J connectivity index is 2.41. The monoisotopic (exact) mass is 346 g/mol. The van der Waals surface area contributed by atoms with Gasteiger partial charge in [0.25, 0.3) is 5.56 Å². The minimum absolute atomic E-state index is 0.149. The fraction of sp³-hybridized carbons (Fsp3) is 0.125. The Kier molecular flexibility index (Phi) is 3.37. The van der Waals surface area contributed by atoms with Crippen LogP contribution in [0, 0.1) is 12.7 Å². The van der Waals surface area contributed by atoms with Crippen LogP contribution in [0.4, 0.5) is 4.39 Å². The number of aromatic nitrogens is 2. The standard InChI is InChI=1S/C16H12BrFN2O/c1-9-6-12-14(13(17)7-9)19-15(20(2)16(12)21)10-4-3-5-11(18)8-10/h3-8H,1-2H3. The first-order valence-electron chi connectivity index (χ1n) is 6.40. The summed E-state index contributed by atoms with van der Waals surface area (Å²) in [5.41, 5.74) is 1.99. The highest BCUT2D eigenvalue weighted by molar-refractivity contribution is 9.10. The second-order valence-corrected chi connectivity index (χ2v) is 5.81. The summed E-state index contributed by atoms with van der Waals surface area (Å²) in [5, 5.41) is 0.546. The molecule has 0 radical (unpaired) electrons. The van der Waals surface area contributed by atoms with E-state index < -0.39 is 0 Å². The molecule has 0 aliphatic heterocycles. The van der Waals surface area contributed by atoms with Crippen molar-refractivity contribution in [3.63, 3.8) is 0 Å². The molecular formula is C16H12BrFN2O. The summed E-state index contributed by atoms with van der Waals surface area (Å²) < 4.78 is 15.6. The Labute approximate surface area is 129 Å². The Morgan fingerprint density at radius 2 is 2.00 bits per heavy atom. The van der Waals surface area contributed by atoms with Crippen molar-refractivity contribution < 1.29 is 4.39 Å². The molecule has 2 aromatic carbocycles. The van der Waals surface area contributed by atoms with Crippen LogP contribution in [0.5, 0.6) is 0 Å². The van der Waals surface area contributed by atoms with Crippen LogP contribution in [0.2, 0.25) is 0 Å². The molecule has 0 N–H and O–H groups in total. The van der Waals surface area contributed by atoms with Crippen molar-refractivity contribution in [2.24, 2.45) is 7.05 Å². The van der Waals surface area contributed by atoms with Crippen LogP contribution in [-0.4, -0.2) is 9.55 Å². The van der Waals surface area contributed by atoms with Crippen molar-refractivity contribution in [1.82, 2.24) is 9.55 Å². The van der Waals surface area contributed by atoms with Gasteiger partial charge >= 0.3 is 0 Å². The number of hydrogen-bond donors (Lipinski definition) is 0. The van der Waals surface area contributed by atoms with Crippen LogP contribution >= 0.6 is 15.9 Å². The second kappa shape index (κ2) is 5.07. The van der Waals surface area contributed by atoms with Gasteiger partial charge < -0.3 is 0 Å².